The Balaban J connectivity index is 1.48. The summed E-state index contributed by atoms with van der Waals surface area (Å²) in [6, 6.07) is 14.8. The van der Waals surface area contributed by atoms with Crippen molar-refractivity contribution in [2.75, 3.05) is 26.2 Å². The molecule has 174 valence electrons. The van der Waals surface area contributed by atoms with E-state index in [9.17, 15) is 13.2 Å². The van der Waals surface area contributed by atoms with Gasteiger partial charge in [-0.05, 0) is 55.0 Å². The van der Waals surface area contributed by atoms with Crippen molar-refractivity contribution in [2.24, 2.45) is 5.92 Å². The van der Waals surface area contributed by atoms with Gasteiger partial charge in [0.25, 0.3) is 0 Å². The number of ether oxygens (including phenoxy) is 1. The number of amides is 1. The molecule has 2 aromatic rings. The molecule has 0 radical (unpaired) electrons. The molecule has 6 nitrogen and oxygen atoms in total. The molecule has 1 saturated heterocycles. The van der Waals surface area contributed by atoms with Crippen LogP contribution in [-0.4, -0.2) is 44.9 Å². The molecule has 7 heteroatoms. The van der Waals surface area contributed by atoms with Crippen LogP contribution in [0.2, 0.25) is 0 Å². The van der Waals surface area contributed by atoms with E-state index < -0.39 is 10.0 Å². The molecule has 0 aromatic heterocycles. The Morgan fingerprint density at radius 1 is 1.09 bits per heavy atom. The van der Waals surface area contributed by atoms with Crippen LogP contribution in [0.5, 0.6) is 5.75 Å². The Hall–Kier alpha value is -2.38. The second kappa shape index (κ2) is 10.0. The summed E-state index contributed by atoms with van der Waals surface area (Å²) in [5.74, 6) is 0.288. The Bertz CT molecular complexity index is 1010. The number of hydrogen-bond acceptors (Lipinski definition) is 4. The third-order valence-corrected chi connectivity index (χ3v) is 7.68. The zero-order valence-corrected chi connectivity index (χ0v) is 20.2. The van der Waals surface area contributed by atoms with E-state index in [0.717, 1.165) is 11.3 Å². The monoisotopic (exact) mass is 458 g/mol. The molecule has 0 saturated carbocycles. The summed E-state index contributed by atoms with van der Waals surface area (Å²) in [5, 5.41) is 2.89. The Morgan fingerprint density at radius 3 is 2.38 bits per heavy atom. The van der Waals surface area contributed by atoms with Gasteiger partial charge in [0, 0.05) is 13.1 Å². The van der Waals surface area contributed by atoms with Crippen LogP contribution in [0.1, 0.15) is 44.7 Å². The summed E-state index contributed by atoms with van der Waals surface area (Å²) in [6.45, 7) is 9.79. The summed E-state index contributed by atoms with van der Waals surface area (Å²) in [5.41, 5.74) is 2.33. The van der Waals surface area contributed by atoms with E-state index in [-0.39, 0.29) is 28.7 Å². The summed E-state index contributed by atoms with van der Waals surface area (Å²) in [4.78, 5) is 12.9. The van der Waals surface area contributed by atoms with Crippen molar-refractivity contribution in [1.82, 2.24) is 9.62 Å². The zero-order valence-electron chi connectivity index (χ0n) is 19.4. The summed E-state index contributed by atoms with van der Waals surface area (Å²) < 4.78 is 33.1. The summed E-state index contributed by atoms with van der Waals surface area (Å²) in [6.07, 6.45) is 1.35. The smallest absolute Gasteiger partial charge is 0.243 e. The minimum Gasteiger partial charge on any atom is -0.492 e. The Kier molecular flexibility index (Phi) is 7.62. The van der Waals surface area contributed by atoms with Crippen molar-refractivity contribution in [2.45, 2.75) is 50.8 Å². The standard InChI is InChI=1S/C25H34N2O4S/c1-19-7-13-23(14-8-19)32(29,30)27-16-5-6-20(18-27)24(28)26-15-17-31-22-11-9-21(10-12-22)25(2,3)4/h7-14,20H,5-6,15-18H2,1-4H3,(H,26,28)/t20-/m1/s1. The summed E-state index contributed by atoms with van der Waals surface area (Å²) in [7, 11) is -3.59. The van der Waals surface area contributed by atoms with Gasteiger partial charge in [-0.1, -0.05) is 50.6 Å². The van der Waals surface area contributed by atoms with Crippen LogP contribution in [0.3, 0.4) is 0 Å². The van der Waals surface area contributed by atoms with Crippen molar-refractivity contribution >= 4 is 15.9 Å². The largest absolute Gasteiger partial charge is 0.492 e. The highest BCUT2D eigenvalue weighted by atomic mass is 32.2. The third-order valence-electron chi connectivity index (χ3n) is 5.80. The maximum Gasteiger partial charge on any atom is 0.243 e. The fourth-order valence-electron chi connectivity index (χ4n) is 3.77. The molecule has 2 aromatic carbocycles. The number of aryl methyl sites for hydroxylation is 1. The molecule has 0 unspecified atom stereocenters. The summed E-state index contributed by atoms with van der Waals surface area (Å²) >= 11 is 0. The van der Waals surface area contributed by atoms with E-state index in [4.69, 9.17) is 4.74 Å². The number of carbonyl (C=O) groups is 1. The van der Waals surface area contributed by atoms with E-state index in [1.165, 1.54) is 9.87 Å². The molecule has 0 bridgehead atoms. The van der Waals surface area contributed by atoms with Gasteiger partial charge in [-0.15, -0.1) is 0 Å². The SMILES string of the molecule is Cc1ccc(S(=O)(=O)N2CCC[C@@H](C(=O)NCCOc3ccc(C(C)(C)C)cc3)C2)cc1. The fraction of sp³-hybridized carbons (Fsp3) is 0.480. The van der Waals surface area contributed by atoms with Gasteiger partial charge in [-0.2, -0.15) is 4.31 Å². The van der Waals surface area contributed by atoms with Gasteiger partial charge in [0.15, 0.2) is 0 Å². The third kappa shape index (κ3) is 6.11. The normalized spacial score (nSPS) is 17.7. The van der Waals surface area contributed by atoms with Gasteiger partial charge in [0.1, 0.15) is 12.4 Å². The minimum absolute atomic E-state index is 0.0906. The van der Waals surface area contributed by atoms with Crippen molar-refractivity contribution < 1.29 is 17.9 Å². The lowest BCUT2D eigenvalue weighted by atomic mass is 9.87. The first-order chi connectivity index (χ1) is 15.1. The number of benzene rings is 2. The van der Waals surface area contributed by atoms with Crippen LogP contribution >= 0.6 is 0 Å². The number of hydrogen-bond donors (Lipinski definition) is 1. The maximum absolute atomic E-state index is 12.9. The molecule has 1 N–H and O–H groups in total. The van der Waals surface area contributed by atoms with Crippen molar-refractivity contribution in [3.63, 3.8) is 0 Å². The van der Waals surface area contributed by atoms with Crippen LogP contribution in [-0.2, 0) is 20.2 Å². The predicted molar refractivity (Wildman–Crippen MR) is 126 cm³/mol. The van der Waals surface area contributed by atoms with E-state index in [0.29, 0.717) is 32.5 Å². The lowest BCUT2D eigenvalue weighted by Crippen LogP contribution is -2.45. The number of sulfonamides is 1. The maximum atomic E-state index is 12.9. The number of carbonyl (C=O) groups excluding carboxylic acids is 1. The molecule has 1 aliphatic heterocycles. The minimum atomic E-state index is -3.59. The highest BCUT2D eigenvalue weighted by Gasteiger charge is 2.33. The van der Waals surface area contributed by atoms with Gasteiger partial charge in [0.05, 0.1) is 17.4 Å². The van der Waals surface area contributed by atoms with E-state index in [2.05, 4.69) is 38.2 Å². The highest BCUT2D eigenvalue weighted by molar-refractivity contribution is 7.89. The van der Waals surface area contributed by atoms with Crippen molar-refractivity contribution in [3.05, 3.63) is 59.7 Å². The van der Waals surface area contributed by atoms with Gasteiger partial charge in [0.2, 0.25) is 15.9 Å². The number of rotatable bonds is 7. The fourth-order valence-corrected chi connectivity index (χ4v) is 5.30. The molecule has 3 rings (SSSR count). The van der Waals surface area contributed by atoms with Crippen LogP contribution in [0.4, 0.5) is 0 Å². The van der Waals surface area contributed by atoms with E-state index in [1.54, 1.807) is 24.3 Å². The van der Waals surface area contributed by atoms with Gasteiger partial charge in [-0.3, -0.25) is 4.79 Å². The highest BCUT2D eigenvalue weighted by Crippen LogP contribution is 2.25. The topological polar surface area (TPSA) is 75.7 Å². The number of nitrogens with zero attached hydrogens (tertiary/aromatic N) is 1. The van der Waals surface area contributed by atoms with E-state index >= 15 is 0 Å². The van der Waals surface area contributed by atoms with Gasteiger partial charge >= 0.3 is 0 Å². The predicted octanol–water partition coefficient (Wildman–Crippen LogP) is 3.89. The zero-order chi connectivity index (χ0) is 23.4. The molecule has 1 atom stereocenters. The average Bonchev–Trinajstić information content (AvgIpc) is 2.76. The number of piperidine rings is 1. The first-order valence-corrected chi connectivity index (χ1v) is 12.6. The molecule has 1 amide bonds. The van der Waals surface area contributed by atoms with Crippen LogP contribution in [0.25, 0.3) is 0 Å². The second-order valence-electron chi connectivity index (χ2n) is 9.43. The molecule has 1 heterocycles. The Morgan fingerprint density at radius 2 is 1.75 bits per heavy atom. The number of nitrogens with one attached hydrogen (secondary N) is 1. The van der Waals surface area contributed by atoms with Crippen LogP contribution < -0.4 is 10.1 Å². The first kappa shape index (κ1) is 24.3. The van der Waals surface area contributed by atoms with Gasteiger partial charge in [-0.25, -0.2) is 8.42 Å². The lowest BCUT2D eigenvalue weighted by molar-refractivity contribution is -0.126. The molecular formula is C25H34N2O4S. The molecule has 32 heavy (non-hydrogen) atoms. The van der Waals surface area contributed by atoms with Gasteiger partial charge < -0.3 is 10.1 Å². The molecular weight excluding hydrogens is 424 g/mol. The average molecular weight is 459 g/mol. The lowest BCUT2D eigenvalue weighted by Gasteiger charge is -2.31. The second-order valence-corrected chi connectivity index (χ2v) is 11.4. The van der Waals surface area contributed by atoms with Crippen molar-refractivity contribution in [3.8, 4) is 5.75 Å². The first-order valence-electron chi connectivity index (χ1n) is 11.2. The van der Waals surface area contributed by atoms with E-state index in [1.807, 2.05) is 19.1 Å². The molecule has 1 aliphatic rings. The molecule has 0 aliphatic carbocycles. The van der Waals surface area contributed by atoms with Crippen molar-refractivity contribution in [1.29, 1.82) is 0 Å². The quantitative estimate of drug-likeness (QED) is 0.639. The van der Waals surface area contributed by atoms with Crippen LogP contribution in [0.15, 0.2) is 53.4 Å². The molecule has 0 spiro atoms. The molecule has 1 fully saturated rings. The van der Waals surface area contributed by atoms with Crippen LogP contribution in [0, 0.1) is 12.8 Å². The Labute approximate surface area is 192 Å².